The molecule has 0 bridgehead atoms. The van der Waals surface area contributed by atoms with Gasteiger partial charge < -0.3 is 4.74 Å². The molecule has 2 unspecified atom stereocenters. The summed E-state index contributed by atoms with van der Waals surface area (Å²) >= 11 is 3.06. The van der Waals surface area contributed by atoms with Gasteiger partial charge in [-0.05, 0) is 12.8 Å². The highest BCUT2D eigenvalue weighted by Crippen LogP contribution is 2.46. The first-order chi connectivity index (χ1) is 5.94. The van der Waals surface area contributed by atoms with E-state index in [1.165, 1.54) is 0 Å². The van der Waals surface area contributed by atoms with Crippen molar-refractivity contribution in [3.05, 3.63) is 0 Å². The minimum absolute atomic E-state index is 0.0584. The van der Waals surface area contributed by atoms with E-state index in [1.807, 2.05) is 0 Å². The fourth-order valence-electron chi connectivity index (χ4n) is 1.77. The van der Waals surface area contributed by atoms with Gasteiger partial charge in [0.05, 0.1) is 4.83 Å². The van der Waals surface area contributed by atoms with Crippen LogP contribution in [-0.4, -0.2) is 23.7 Å². The molecule has 0 aliphatic heterocycles. The van der Waals surface area contributed by atoms with Gasteiger partial charge in [0.2, 0.25) is 0 Å². The molecule has 0 aromatic rings. The molecule has 1 aliphatic rings. The Morgan fingerprint density at radius 3 is 2.31 bits per heavy atom. The highest BCUT2D eigenvalue weighted by molar-refractivity contribution is 9.09. The largest absolute Gasteiger partial charge is 0.418 e. The van der Waals surface area contributed by atoms with E-state index in [1.54, 1.807) is 0 Å². The van der Waals surface area contributed by atoms with Crippen LogP contribution in [0.3, 0.4) is 0 Å². The SMILES string of the molecule is COC1(C(F)(F)F)CCCCC1Br. The Bertz CT molecular complexity index is 183. The van der Waals surface area contributed by atoms with Gasteiger partial charge in [0.15, 0.2) is 5.60 Å². The van der Waals surface area contributed by atoms with Crippen LogP contribution in [0.15, 0.2) is 0 Å². The average Bonchev–Trinajstić information content (AvgIpc) is 2.03. The van der Waals surface area contributed by atoms with Crippen LogP contribution in [0.25, 0.3) is 0 Å². The van der Waals surface area contributed by atoms with Gasteiger partial charge in [0, 0.05) is 7.11 Å². The van der Waals surface area contributed by atoms with Crippen LogP contribution in [0.2, 0.25) is 0 Å². The van der Waals surface area contributed by atoms with Crippen molar-refractivity contribution in [2.75, 3.05) is 7.11 Å². The number of halogens is 4. The minimum Gasteiger partial charge on any atom is -0.368 e. The molecule has 1 aliphatic carbocycles. The van der Waals surface area contributed by atoms with Crippen LogP contribution in [0.1, 0.15) is 25.7 Å². The molecule has 0 aromatic heterocycles. The van der Waals surface area contributed by atoms with Crippen LogP contribution in [0.4, 0.5) is 13.2 Å². The van der Waals surface area contributed by atoms with Crippen molar-refractivity contribution in [3.8, 4) is 0 Å². The molecule has 0 radical (unpaired) electrons. The molecule has 0 heterocycles. The first-order valence-corrected chi connectivity index (χ1v) is 5.11. The third kappa shape index (κ3) is 1.86. The van der Waals surface area contributed by atoms with Crippen molar-refractivity contribution < 1.29 is 17.9 Å². The number of rotatable bonds is 1. The van der Waals surface area contributed by atoms with Gasteiger partial charge in [-0.25, -0.2) is 0 Å². The summed E-state index contributed by atoms with van der Waals surface area (Å²) in [5.74, 6) is 0. The van der Waals surface area contributed by atoms with Gasteiger partial charge in [0.25, 0.3) is 0 Å². The van der Waals surface area contributed by atoms with Gasteiger partial charge in [0.1, 0.15) is 0 Å². The smallest absolute Gasteiger partial charge is 0.368 e. The summed E-state index contributed by atoms with van der Waals surface area (Å²) in [4.78, 5) is -0.612. The van der Waals surface area contributed by atoms with E-state index < -0.39 is 16.6 Å². The van der Waals surface area contributed by atoms with E-state index in [2.05, 4.69) is 20.7 Å². The third-order valence-corrected chi connectivity index (χ3v) is 3.80. The van der Waals surface area contributed by atoms with Crippen LogP contribution in [0, 0.1) is 0 Å². The predicted molar refractivity (Wildman–Crippen MR) is 47.0 cm³/mol. The molecule has 1 fully saturated rings. The topological polar surface area (TPSA) is 9.23 Å². The molecule has 1 nitrogen and oxygen atoms in total. The van der Waals surface area contributed by atoms with E-state index in [0.717, 1.165) is 13.5 Å². The molecule has 13 heavy (non-hydrogen) atoms. The zero-order chi connectivity index (χ0) is 10.1. The zero-order valence-corrected chi connectivity index (χ0v) is 8.91. The fraction of sp³-hybridized carbons (Fsp3) is 1.00. The van der Waals surface area contributed by atoms with Crippen LogP contribution >= 0.6 is 15.9 Å². The summed E-state index contributed by atoms with van der Waals surface area (Å²) in [6.07, 6.45) is -2.29. The molecule has 0 aromatic carbocycles. The number of hydrogen-bond acceptors (Lipinski definition) is 1. The molecule has 1 saturated carbocycles. The highest BCUT2D eigenvalue weighted by Gasteiger charge is 2.59. The lowest BCUT2D eigenvalue weighted by Crippen LogP contribution is -2.55. The first kappa shape index (κ1) is 11.3. The number of methoxy groups -OCH3 is 1. The van der Waals surface area contributed by atoms with Gasteiger partial charge in [-0.1, -0.05) is 28.8 Å². The molecule has 2 atom stereocenters. The average molecular weight is 261 g/mol. The number of hydrogen-bond donors (Lipinski definition) is 0. The molecular formula is C8H12BrF3O. The van der Waals surface area contributed by atoms with E-state index >= 15 is 0 Å². The van der Waals surface area contributed by atoms with E-state index in [9.17, 15) is 13.2 Å². The molecule has 78 valence electrons. The Morgan fingerprint density at radius 1 is 1.38 bits per heavy atom. The summed E-state index contributed by atoms with van der Waals surface area (Å²) < 4.78 is 42.8. The lowest BCUT2D eigenvalue weighted by Gasteiger charge is -2.41. The van der Waals surface area contributed by atoms with Crippen molar-refractivity contribution >= 4 is 15.9 Å². The Morgan fingerprint density at radius 2 is 2.00 bits per heavy atom. The first-order valence-electron chi connectivity index (χ1n) is 4.20. The fourth-order valence-corrected chi connectivity index (χ4v) is 2.77. The summed E-state index contributed by atoms with van der Waals surface area (Å²) in [7, 11) is 1.13. The second-order valence-corrected chi connectivity index (χ2v) is 4.41. The molecule has 0 spiro atoms. The Hall–Kier alpha value is 0.230. The summed E-state index contributed by atoms with van der Waals surface area (Å²) in [6.45, 7) is 0. The van der Waals surface area contributed by atoms with Crippen molar-refractivity contribution in [3.63, 3.8) is 0 Å². The summed E-state index contributed by atoms with van der Waals surface area (Å²) in [5, 5.41) is 0. The maximum Gasteiger partial charge on any atom is 0.418 e. The molecule has 0 amide bonds. The van der Waals surface area contributed by atoms with E-state index in [0.29, 0.717) is 12.8 Å². The van der Waals surface area contributed by atoms with Gasteiger partial charge >= 0.3 is 6.18 Å². The second kappa shape index (κ2) is 3.77. The molecule has 5 heteroatoms. The zero-order valence-electron chi connectivity index (χ0n) is 7.33. The minimum atomic E-state index is -4.28. The summed E-state index contributed by atoms with van der Waals surface area (Å²) in [6, 6.07) is 0. The van der Waals surface area contributed by atoms with Crippen molar-refractivity contribution in [2.24, 2.45) is 0 Å². The molecule has 0 saturated heterocycles. The third-order valence-electron chi connectivity index (χ3n) is 2.61. The van der Waals surface area contributed by atoms with Gasteiger partial charge in [-0.3, -0.25) is 0 Å². The van der Waals surface area contributed by atoms with Gasteiger partial charge in [-0.15, -0.1) is 0 Å². The standard InChI is InChI=1S/C8H12BrF3O/c1-13-7(8(10,11)12)5-3-2-4-6(7)9/h6H,2-5H2,1H3. The second-order valence-electron chi connectivity index (χ2n) is 3.30. The Kier molecular flexibility index (Phi) is 3.28. The van der Waals surface area contributed by atoms with Crippen LogP contribution < -0.4 is 0 Å². The number of alkyl halides is 4. The van der Waals surface area contributed by atoms with Crippen molar-refractivity contribution in [2.45, 2.75) is 42.3 Å². The number of ether oxygens (including phenoxy) is 1. The van der Waals surface area contributed by atoms with Crippen molar-refractivity contribution in [1.82, 2.24) is 0 Å². The van der Waals surface area contributed by atoms with E-state index in [-0.39, 0.29) is 6.42 Å². The quantitative estimate of drug-likeness (QED) is 0.658. The van der Waals surface area contributed by atoms with Crippen molar-refractivity contribution in [1.29, 1.82) is 0 Å². The Labute approximate surface area is 83.8 Å². The van der Waals surface area contributed by atoms with E-state index in [4.69, 9.17) is 0 Å². The monoisotopic (exact) mass is 260 g/mol. The molecule has 1 rings (SSSR count). The normalized spacial score (nSPS) is 36.2. The lowest BCUT2D eigenvalue weighted by molar-refractivity contribution is -0.275. The maximum absolute atomic E-state index is 12.7. The van der Waals surface area contributed by atoms with Crippen LogP contribution in [0.5, 0.6) is 0 Å². The predicted octanol–water partition coefficient (Wildman–Crippen LogP) is 3.27. The summed E-state index contributed by atoms with van der Waals surface area (Å²) in [5.41, 5.74) is -1.97. The Balaban J connectivity index is 2.89. The van der Waals surface area contributed by atoms with Crippen LogP contribution in [-0.2, 0) is 4.74 Å². The molecule has 0 N–H and O–H groups in total. The molecular weight excluding hydrogens is 249 g/mol. The van der Waals surface area contributed by atoms with Gasteiger partial charge in [-0.2, -0.15) is 13.2 Å². The lowest BCUT2D eigenvalue weighted by atomic mass is 9.84. The highest BCUT2D eigenvalue weighted by atomic mass is 79.9. The maximum atomic E-state index is 12.7.